The largest absolute Gasteiger partial charge is 0.497 e. The highest BCUT2D eigenvalue weighted by molar-refractivity contribution is 8.15. The third-order valence-electron chi connectivity index (χ3n) is 2.36. The number of methoxy groups -OCH3 is 1. The Labute approximate surface area is 102 Å². The number of benzene rings is 1. The maximum absolute atomic E-state index is 5.20. The highest BCUT2D eigenvalue weighted by atomic mass is 32.2. The predicted molar refractivity (Wildman–Crippen MR) is 70.0 cm³/mol. The van der Waals surface area contributed by atoms with Gasteiger partial charge in [0.2, 0.25) is 0 Å². The quantitative estimate of drug-likeness (QED) is 0.822. The van der Waals surface area contributed by atoms with Crippen molar-refractivity contribution in [2.24, 2.45) is 4.99 Å². The lowest BCUT2D eigenvalue weighted by atomic mass is 10.3. The van der Waals surface area contributed by atoms with Crippen LogP contribution in [0.4, 0.5) is 0 Å². The van der Waals surface area contributed by atoms with E-state index < -0.39 is 0 Å². The van der Waals surface area contributed by atoms with Crippen molar-refractivity contribution in [3.8, 4) is 5.75 Å². The third kappa shape index (κ3) is 1.70. The summed E-state index contributed by atoms with van der Waals surface area (Å²) in [5.74, 6) is 1.96. The summed E-state index contributed by atoms with van der Waals surface area (Å²) < 4.78 is 6.36. The highest BCUT2D eigenvalue weighted by Gasteiger charge is 2.14. The molecule has 1 aliphatic heterocycles. The average Bonchev–Trinajstić information content (AvgIpc) is 2.96. The Hall–Kier alpha value is -1.07. The Bertz CT molecular complexity index is 562. The van der Waals surface area contributed by atoms with Gasteiger partial charge in [-0.15, -0.1) is 23.1 Å². The van der Waals surface area contributed by atoms with Gasteiger partial charge in [0.15, 0.2) is 0 Å². The second-order valence-corrected chi connectivity index (χ2v) is 5.50. The van der Waals surface area contributed by atoms with Crippen molar-refractivity contribution in [3.05, 3.63) is 23.2 Å². The van der Waals surface area contributed by atoms with E-state index in [-0.39, 0.29) is 0 Å². The summed E-state index contributed by atoms with van der Waals surface area (Å²) in [7, 11) is 1.68. The van der Waals surface area contributed by atoms with E-state index in [1.807, 2.05) is 18.2 Å². The first-order chi connectivity index (χ1) is 7.86. The first kappa shape index (κ1) is 10.1. The van der Waals surface area contributed by atoms with E-state index in [0.29, 0.717) is 0 Å². The molecule has 0 atom stereocenters. The van der Waals surface area contributed by atoms with Crippen molar-refractivity contribution in [1.82, 2.24) is 4.98 Å². The monoisotopic (exact) mass is 250 g/mol. The molecule has 0 fully saturated rings. The molecule has 0 spiro atoms. The molecule has 1 aliphatic rings. The molecule has 5 heteroatoms. The Morgan fingerprint density at radius 2 is 2.31 bits per heavy atom. The lowest BCUT2D eigenvalue weighted by Crippen LogP contribution is -1.88. The lowest BCUT2D eigenvalue weighted by molar-refractivity contribution is 0.415. The molecule has 1 aromatic heterocycles. The number of aliphatic imine (C=N–C) groups is 1. The Morgan fingerprint density at radius 1 is 1.38 bits per heavy atom. The van der Waals surface area contributed by atoms with Crippen molar-refractivity contribution in [1.29, 1.82) is 0 Å². The summed E-state index contributed by atoms with van der Waals surface area (Å²) in [5.41, 5.74) is 1.02. The molecule has 0 aliphatic carbocycles. The number of rotatable bonds is 2. The molecule has 16 heavy (non-hydrogen) atoms. The minimum Gasteiger partial charge on any atom is -0.497 e. The zero-order chi connectivity index (χ0) is 11.0. The molecule has 0 amide bonds. The van der Waals surface area contributed by atoms with Gasteiger partial charge in [-0.05, 0) is 18.2 Å². The van der Waals surface area contributed by atoms with Crippen molar-refractivity contribution in [3.63, 3.8) is 0 Å². The smallest absolute Gasteiger partial charge is 0.149 e. The van der Waals surface area contributed by atoms with Crippen LogP contribution in [0.15, 0.2) is 23.2 Å². The molecular weight excluding hydrogens is 240 g/mol. The summed E-state index contributed by atoms with van der Waals surface area (Å²) in [5, 5.41) is 2.12. The van der Waals surface area contributed by atoms with Crippen LogP contribution < -0.4 is 4.74 Å². The molecule has 2 heterocycles. The van der Waals surface area contributed by atoms with Crippen molar-refractivity contribution < 1.29 is 4.74 Å². The number of thiazole rings is 1. The molecule has 3 nitrogen and oxygen atoms in total. The van der Waals surface area contributed by atoms with E-state index in [1.165, 1.54) is 0 Å². The summed E-state index contributed by atoms with van der Waals surface area (Å²) in [4.78, 5) is 9.02. The maximum Gasteiger partial charge on any atom is 0.149 e. The van der Waals surface area contributed by atoms with E-state index in [2.05, 4.69) is 9.98 Å². The number of fused-ring (bicyclic) bond motifs is 1. The molecule has 0 bridgehead atoms. The number of aromatic nitrogens is 1. The first-order valence-electron chi connectivity index (χ1n) is 4.99. The second kappa shape index (κ2) is 4.07. The van der Waals surface area contributed by atoms with E-state index in [0.717, 1.165) is 38.3 Å². The fraction of sp³-hybridized carbons (Fsp3) is 0.273. The fourth-order valence-corrected chi connectivity index (χ4v) is 3.51. The van der Waals surface area contributed by atoms with Gasteiger partial charge in [0.1, 0.15) is 15.8 Å². The first-order valence-corrected chi connectivity index (χ1v) is 6.79. The van der Waals surface area contributed by atoms with E-state index in [4.69, 9.17) is 4.74 Å². The molecular formula is C11H10N2OS2. The molecule has 2 aromatic rings. The van der Waals surface area contributed by atoms with Crippen molar-refractivity contribution in [2.75, 3.05) is 19.4 Å². The van der Waals surface area contributed by atoms with Gasteiger partial charge < -0.3 is 4.74 Å². The minimum absolute atomic E-state index is 0.878. The van der Waals surface area contributed by atoms with Gasteiger partial charge in [0.05, 0.1) is 17.3 Å². The molecule has 0 N–H and O–H groups in total. The van der Waals surface area contributed by atoms with Gasteiger partial charge in [-0.1, -0.05) is 0 Å². The number of hydrogen-bond donors (Lipinski definition) is 0. The average molecular weight is 250 g/mol. The van der Waals surface area contributed by atoms with Gasteiger partial charge in [-0.25, -0.2) is 4.98 Å². The molecule has 3 rings (SSSR count). The maximum atomic E-state index is 5.20. The van der Waals surface area contributed by atoms with Crippen LogP contribution in [0.25, 0.3) is 10.2 Å². The number of nitrogens with zero attached hydrogens (tertiary/aromatic N) is 2. The summed E-state index contributed by atoms with van der Waals surface area (Å²) >= 11 is 3.47. The van der Waals surface area contributed by atoms with Crippen molar-refractivity contribution in [2.45, 2.75) is 0 Å². The Kier molecular flexibility index (Phi) is 2.57. The Balaban J connectivity index is 2.08. The second-order valence-electron chi connectivity index (χ2n) is 3.39. The number of hydrogen-bond acceptors (Lipinski definition) is 5. The van der Waals surface area contributed by atoms with Gasteiger partial charge in [-0.3, -0.25) is 4.99 Å². The minimum atomic E-state index is 0.878. The summed E-state index contributed by atoms with van der Waals surface area (Å²) in [6.45, 7) is 0.916. The van der Waals surface area contributed by atoms with Crippen LogP contribution in [0.5, 0.6) is 5.75 Å². The van der Waals surface area contributed by atoms with E-state index in [1.54, 1.807) is 30.2 Å². The lowest BCUT2D eigenvalue weighted by Gasteiger charge is -1.96. The van der Waals surface area contributed by atoms with Crippen LogP contribution in [-0.2, 0) is 0 Å². The molecule has 0 saturated heterocycles. The molecule has 0 radical (unpaired) electrons. The molecule has 1 aromatic carbocycles. The SMILES string of the molecule is COc1ccc2nc(C3=NCCS3)sc2c1. The zero-order valence-electron chi connectivity index (χ0n) is 8.77. The predicted octanol–water partition coefficient (Wildman–Crippen LogP) is 2.80. The summed E-state index contributed by atoms with van der Waals surface area (Å²) in [6.07, 6.45) is 0. The molecule has 0 saturated carbocycles. The van der Waals surface area contributed by atoms with Gasteiger partial charge in [0.25, 0.3) is 0 Å². The van der Waals surface area contributed by atoms with Crippen LogP contribution >= 0.6 is 23.1 Å². The number of ether oxygens (including phenoxy) is 1. The van der Waals surface area contributed by atoms with Crippen LogP contribution in [0.1, 0.15) is 5.01 Å². The summed E-state index contributed by atoms with van der Waals surface area (Å²) in [6, 6.07) is 5.96. The standard InChI is InChI=1S/C11H10N2OS2/c1-14-7-2-3-8-9(6-7)16-11(13-8)10-12-4-5-15-10/h2-3,6H,4-5H2,1H3. The third-order valence-corrected chi connectivity index (χ3v) is 4.50. The fourth-order valence-electron chi connectivity index (χ4n) is 1.59. The Morgan fingerprint density at radius 3 is 3.06 bits per heavy atom. The molecule has 0 unspecified atom stereocenters. The molecule has 82 valence electrons. The van der Waals surface area contributed by atoms with E-state index >= 15 is 0 Å². The van der Waals surface area contributed by atoms with Gasteiger partial charge in [0, 0.05) is 12.3 Å². The van der Waals surface area contributed by atoms with Crippen molar-refractivity contribution >= 4 is 38.4 Å². The normalized spacial score (nSPS) is 15.4. The zero-order valence-corrected chi connectivity index (χ0v) is 10.4. The van der Waals surface area contributed by atoms with E-state index in [9.17, 15) is 0 Å². The van der Waals surface area contributed by atoms with Gasteiger partial charge >= 0.3 is 0 Å². The number of thioether (sulfide) groups is 1. The van der Waals surface area contributed by atoms with Crippen LogP contribution in [0.3, 0.4) is 0 Å². The highest BCUT2D eigenvalue weighted by Crippen LogP contribution is 2.29. The van der Waals surface area contributed by atoms with Gasteiger partial charge in [-0.2, -0.15) is 0 Å². The van der Waals surface area contributed by atoms with Crippen LogP contribution in [0.2, 0.25) is 0 Å². The topological polar surface area (TPSA) is 34.5 Å². The van der Waals surface area contributed by atoms with Crippen LogP contribution in [0, 0.1) is 0 Å². The van der Waals surface area contributed by atoms with Crippen LogP contribution in [-0.4, -0.2) is 29.4 Å².